The lowest BCUT2D eigenvalue weighted by Gasteiger charge is -2.20. The van der Waals surface area contributed by atoms with Gasteiger partial charge in [-0.1, -0.05) is 25.4 Å². The maximum absolute atomic E-state index is 12.7. The summed E-state index contributed by atoms with van der Waals surface area (Å²) in [6, 6.07) is 9.03. The molecule has 9 nitrogen and oxygen atoms in total. The minimum Gasteiger partial charge on any atom is -0.490 e. The van der Waals surface area contributed by atoms with Gasteiger partial charge in [0.05, 0.1) is 23.0 Å². The van der Waals surface area contributed by atoms with Crippen LogP contribution in [0.2, 0.25) is 5.02 Å². The Kier molecular flexibility index (Phi) is 11.9. The summed E-state index contributed by atoms with van der Waals surface area (Å²) in [6.45, 7) is 7.59. The van der Waals surface area contributed by atoms with Crippen LogP contribution in [0.15, 0.2) is 41.5 Å². The first-order chi connectivity index (χ1) is 17.2. The molecule has 2 aromatic rings. The summed E-state index contributed by atoms with van der Waals surface area (Å²) in [7, 11) is 0. The molecule has 1 atom stereocenters. The van der Waals surface area contributed by atoms with E-state index in [4.69, 9.17) is 25.8 Å². The molecule has 194 valence electrons. The number of benzene rings is 2. The average Bonchev–Trinajstić information content (AvgIpc) is 2.82. The van der Waals surface area contributed by atoms with Crippen LogP contribution in [0.3, 0.4) is 0 Å². The molecule has 11 heteroatoms. The average molecular weight is 630 g/mol. The second-order valence-corrected chi connectivity index (χ2v) is 9.39. The number of hydrogen-bond donors (Lipinski definition) is 2. The number of nitrogens with one attached hydrogen (secondary N) is 2. The molecule has 2 rings (SSSR count). The highest BCUT2D eigenvalue weighted by molar-refractivity contribution is 14.1. The fraction of sp³-hybridized carbons (Fsp3) is 0.360. The van der Waals surface area contributed by atoms with E-state index in [1.54, 1.807) is 43.3 Å². The van der Waals surface area contributed by atoms with Crippen molar-refractivity contribution < 1.29 is 28.6 Å². The lowest BCUT2D eigenvalue weighted by atomic mass is 10.0. The van der Waals surface area contributed by atoms with Crippen LogP contribution in [0.4, 0.5) is 0 Å². The van der Waals surface area contributed by atoms with Gasteiger partial charge in [-0.05, 0) is 84.3 Å². The summed E-state index contributed by atoms with van der Waals surface area (Å²) >= 11 is 7.93. The smallest absolute Gasteiger partial charge is 0.344 e. The van der Waals surface area contributed by atoms with Crippen molar-refractivity contribution in [3.05, 3.63) is 56.1 Å². The first-order valence-electron chi connectivity index (χ1n) is 11.3. The van der Waals surface area contributed by atoms with Gasteiger partial charge in [0.15, 0.2) is 18.1 Å². The van der Waals surface area contributed by atoms with Crippen LogP contribution >= 0.6 is 34.2 Å². The summed E-state index contributed by atoms with van der Waals surface area (Å²) in [5.74, 6) is -0.672. The Morgan fingerprint density at radius 3 is 2.39 bits per heavy atom. The molecule has 2 aromatic carbocycles. The zero-order chi connectivity index (χ0) is 26.7. The molecule has 2 N–H and O–H groups in total. The van der Waals surface area contributed by atoms with Crippen LogP contribution in [0, 0.1) is 9.49 Å². The van der Waals surface area contributed by atoms with Gasteiger partial charge in [0.1, 0.15) is 6.04 Å². The van der Waals surface area contributed by atoms with Crippen molar-refractivity contribution >= 4 is 58.2 Å². The third-order valence-corrected chi connectivity index (χ3v) is 5.76. The molecule has 0 fully saturated rings. The van der Waals surface area contributed by atoms with Crippen molar-refractivity contribution in [2.75, 3.05) is 19.8 Å². The zero-order valence-electron chi connectivity index (χ0n) is 20.5. The summed E-state index contributed by atoms with van der Waals surface area (Å²) < 4.78 is 16.8. The van der Waals surface area contributed by atoms with Crippen LogP contribution in [-0.4, -0.2) is 49.9 Å². The Morgan fingerprint density at radius 1 is 1.08 bits per heavy atom. The maximum Gasteiger partial charge on any atom is 0.344 e. The van der Waals surface area contributed by atoms with Crippen LogP contribution in [0.5, 0.6) is 11.5 Å². The minimum absolute atomic E-state index is 0.183. The molecule has 0 aromatic heterocycles. The topological polar surface area (TPSA) is 115 Å². The van der Waals surface area contributed by atoms with Gasteiger partial charge in [-0.25, -0.2) is 10.2 Å². The number of ether oxygens (including phenoxy) is 3. The highest BCUT2D eigenvalue weighted by atomic mass is 127. The molecule has 0 aliphatic carbocycles. The van der Waals surface area contributed by atoms with Gasteiger partial charge in [0.25, 0.3) is 11.8 Å². The Bertz CT molecular complexity index is 1090. The van der Waals surface area contributed by atoms with E-state index in [1.165, 1.54) is 6.21 Å². The minimum atomic E-state index is -0.803. The molecular weight excluding hydrogens is 601 g/mol. The Morgan fingerprint density at radius 2 is 1.78 bits per heavy atom. The second kappa shape index (κ2) is 14.6. The van der Waals surface area contributed by atoms with Crippen molar-refractivity contribution in [2.24, 2.45) is 11.0 Å². The van der Waals surface area contributed by atoms with E-state index in [0.717, 1.165) is 0 Å². The van der Waals surface area contributed by atoms with Crippen molar-refractivity contribution in [3.8, 4) is 11.5 Å². The monoisotopic (exact) mass is 629 g/mol. The molecule has 0 saturated carbocycles. The zero-order valence-corrected chi connectivity index (χ0v) is 23.4. The first-order valence-corrected chi connectivity index (χ1v) is 12.8. The van der Waals surface area contributed by atoms with Crippen molar-refractivity contribution in [3.63, 3.8) is 0 Å². The first kappa shape index (κ1) is 29.4. The number of amides is 2. The standard InChI is InChI=1S/C25H29ClIN3O6/c1-5-34-20-12-16(11-19(27)23(20)36-14-21(31)35-6-2)13-28-30-25(33)22(15(3)4)29-24(32)17-7-9-18(26)10-8-17/h7-13,15,22H,5-6,14H2,1-4H3,(H,29,32)(H,30,33)/b28-13+. The number of hydrogen-bond acceptors (Lipinski definition) is 7. The van der Waals surface area contributed by atoms with Gasteiger partial charge in [-0.3, -0.25) is 9.59 Å². The number of carbonyl (C=O) groups is 3. The van der Waals surface area contributed by atoms with E-state index in [2.05, 4.69) is 38.4 Å². The SMILES string of the molecule is CCOC(=O)COc1c(I)cc(/C=N/NC(=O)C(NC(=O)c2ccc(Cl)cc2)C(C)C)cc1OCC. The van der Waals surface area contributed by atoms with Gasteiger partial charge in [-0.2, -0.15) is 5.10 Å². The normalized spacial score (nSPS) is 11.8. The fourth-order valence-corrected chi connectivity index (χ4v) is 3.91. The van der Waals surface area contributed by atoms with Crippen molar-refractivity contribution in [1.82, 2.24) is 10.7 Å². The number of esters is 1. The molecule has 0 saturated heterocycles. The van der Waals surface area contributed by atoms with Gasteiger partial charge in [-0.15, -0.1) is 0 Å². The molecule has 0 radical (unpaired) electrons. The van der Waals surface area contributed by atoms with Crippen LogP contribution < -0.4 is 20.2 Å². The number of halogens is 2. The number of hydrazone groups is 1. The van der Waals surface area contributed by atoms with Gasteiger partial charge >= 0.3 is 5.97 Å². The fourth-order valence-electron chi connectivity index (χ4n) is 3.00. The second-order valence-electron chi connectivity index (χ2n) is 7.79. The summed E-state index contributed by atoms with van der Waals surface area (Å²) in [5, 5.41) is 7.29. The molecule has 0 heterocycles. The van der Waals surface area contributed by atoms with Crippen molar-refractivity contribution in [1.29, 1.82) is 0 Å². The quantitative estimate of drug-likeness (QED) is 0.158. The maximum atomic E-state index is 12.7. The molecule has 0 spiro atoms. The number of nitrogens with zero attached hydrogens (tertiary/aromatic N) is 1. The molecule has 0 aliphatic heterocycles. The van der Waals surface area contributed by atoms with Gasteiger partial charge in [0, 0.05) is 10.6 Å². The van der Waals surface area contributed by atoms with E-state index in [9.17, 15) is 14.4 Å². The molecule has 0 aliphatic rings. The molecule has 2 amide bonds. The predicted molar refractivity (Wildman–Crippen MR) is 146 cm³/mol. The molecule has 36 heavy (non-hydrogen) atoms. The lowest BCUT2D eigenvalue weighted by Crippen LogP contribution is -2.48. The Hall–Kier alpha value is -2.86. The highest BCUT2D eigenvalue weighted by Gasteiger charge is 2.24. The Labute approximate surface area is 229 Å². The summed E-state index contributed by atoms with van der Waals surface area (Å²) in [5.41, 5.74) is 3.51. The lowest BCUT2D eigenvalue weighted by molar-refractivity contribution is -0.145. The Balaban J connectivity index is 2.09. The van der Waals surface area contributed by atoms with E-state index in [0.29, 0.717) is 37.8 Å². The largest absolute Gasteiger partial charge is 0.490 e. The summed E-state index contributed by atoms with van der Waals surface area (Å²) in [6.07, 6.45) is 1.45. The van der Waals surface area contributed by atoms with Crippen LogP contribution in [-0.2, 0) is 14.3 Å². The summed E-state index contributed by atoms with van der Waals surface area (Å²) in [4.78, 5) is 36.9. The van der Waals surface area contributed by atoms with Crippen molar-refractivity contribution in [2.45, 2.75) is 33.7 Å². The molecular formula is C25H29ClIN3O6. The van der Waals surface area contributed by atoms with E-state index in [1.807, 2.05) is 20.8 Å². The third-order valence-electron chi connectivity index (χ3n) is 4.70. The number of rotatable bonds is 12. The van der Waals surface area contributed by atoms with Gasteiger partial charge in [0.2, 0.25) is 0 Å². The predicted octanol–water partition coefficient (Wildman–Crippen LogP) is 4.19. The van der Waals surface area contributed by atoms with E-state index in [-0.39, 0.29) is 25.0 Å². The van der Waals surface area contributed by atoms with E-state index >= 15 is 0 Å². The number of carbonyl (C=O) groups excluding carboxylic acids is 3. The van der Waals surface area contributed by atoms with Crippen LogP contribution in [0.25, 0.3) is 0 Å². The van der Waals surface area contributed by atoms with E-state index < -0.39 is 17.9 Å². The van der Waals surface area contributed by atoms with Gasteiger partial charge < -0.3 is 19.5 Å². The molecule has 1 unspecified atom stereocenters. The highest BCUT2D eigenvalue weighted by Crippen LogP contribution is 2.34. The third kappa shape index (κ3) is 8.98. The van der Waals surface area contributed by atoms with Crippen LogP contribution in [0.1, 0.15) is 43.6 Å². The molecule has 0 bridgehead atoms.